The van der Waals surface area contributed by atoms with Crippen molar-refractivity contribution in [2.45, 2.75) is 61.4 Å². The van der Waals surface area contributed by atoms with Gasteiger partial charge in [0, 0.05) is 55.0 Å². The highest BCUT2D eigenvalue weighted by molar-refractivity contribution is 6.13. The molecule has 1 aliphatic carbocycles. The van der Waals surface area contributed by atoms with E-state index < -0.39 is 86.4 Å². The quantitative estimate of drug-likeness (QED) is 0.0686. The lowest BCUT2D eigenvalue weighted by Gasteiger charge is -2.44. The minimum absolute atomic E-state index is 0.225. The summed E-state index contributed by atoms with van der Waals surface area (Å²) in [6.07, 6.45) is -17.3. The molecule has 17 nitrogen and oxygen atoms in total. The van der Waals surface area contributed by atoms with Crippen LogP contribution >= 0.6 is 0 Å². The average Bonchev–Trinajstić information content (AvgIpc) is 3.15. The molecule has 4 aliphatic rings. The van der Waals surface area contributed by atoms with E-state index in [1.54, 1.807) is 6.07 Å². The lowest BCUT2D eigenvalue weighted by molar-refractivity contribution is -0.374. The largest absolute Gasteiger partial charge is 0.478 e. The van der Waals surface area contributed by atoms with Gasteiger partial charge in [-0.05, 0) is 29.8 Å². The smallest absolute Gasteiger partial charge is 0.337 e. The molecule has 0 saturated carbocycles. The number of nitrogens with zero attached hydrogens (tertiary/aromatic N) is 2. The summed E-state index contributed by atoms with van der Waals surface area (Å²) in [4.78, 5) is 28.7. The fraction of sp³-hybridized carbons (Fsp3) is 0.432. The number of hydrogen-bond acceptors (Lipinski definition) is 14. The van der Waals surface area contributed by atoms with Crippen LogP contribution in [0.15, 0.2) is 59.0 Å². The van der Waals surface area contributed by atoms with Crippen LogP contribution in [0.2, 0.25) is 0 Å². The summed E-state index contributed by atoms with van der Waals surface area (Å²) < 4.78 is 24.7. The summed E-state index contributed by atoms with van der Waals surface area (Å²) in [6.45, 7) is -1.27. The number of fused-ring (bicyclic) bond motifs is 2. The lowest BCUT2D eigenvalue weighted by atomic mass is 9.88. The molecule has 54 heavy (non-hydrogen) atoms. The molecule has 2 aromatic rings. The SMILES string of the molecule is CN(C)c1ccc2c(-c3cccc(C(=O)NC[C@H]4O[C@H](O[C@H]5O[C@H](CO)[C@@H](O)[C@H](O)[C@H]5O)[C@H](O)[C@@H](O)[C@@H]4O)c3C(=O)O)c3ccc(=[N+](C)C)cc-3oc2c1. The number of anilines is 1. The summed E-state index contributed by atoms with van der Waals surface area (Å²) >= 11 is 0. The van der Waals surface area contributed by atoms with E-state index in [1.165, 1.54) is 12.1 Å². The highest BCUT2D eigenvalue weighted by atomic mass is 16.8. The molecule has 9 N–H and O–H groups in total. The number of aromatic carboxylic acids is 1. The lowest BCUT2D eigenvalue weighted by Crippen LogP contribution is -2.64. The molecule has 0 radical (unpaired) electrons. The van der Waals surface area contributed by atoms with Crippen LogP contribution in [0, 0.1) is 0 Å². The Hall–Kier alpha value is -4.53. The highest BCUT2D eigenvalue weighted by Crippen LogP contribution is 2.42. The molecule has 1 amide bonds. The molecule has 0 aromatic heterocycles. The number of benzene rings is 3. The predicted octanol–water partition coefficient (Wildman–Crippen LogP) is -1.65. The summed E-state index contributed by atoms with van der Waals surface area (Å²) in [7, 11) is 7.52. The number of rotatable bonds is 9. The Morgan fingerprint density at radius 3 is 2.07 bits per heavy atom. The van der Waals surface area contributed by atoms with E-state index in [0.29, 0.717) is 27.9 Å². The van der Waals surface area contributed by atoms with Gasteiger partial charge in [-0.15, -0.1) is 0 Å². The van der Waals surface area contributed by atoms with E-state index in [4.69, 9.17) is 18.6 Å². The Bertz CT molecular complexity index is 2060. The Morgan fingerprint density at radius 2 is 1.46 bits per heavy atom. The standard InChI is InChI=1S/C37H43N3O14/c1-39(2)16-8-10-18-22(12-16)51-23-13-17(40(3)4)9-11-19(23)26(18)20-6-5-7-21(27(20)35(49)50)34(48)38-14-24-28(42)30(44)32(46)36(52-24)54-37-33(47)31(45)29(43)25(15-41)53-37/h5-13,24-25,28-33,36-37,41-47H,14-15H2,1-4H3,(H-,38,48,49,50)/p+1/t24-,25-,28-,29-,30+,31+,32-,33-,36-,37-/m1/s1. The molecule has 6 rings (SSSR count). The number of amides is 1. The summed E-state index contributed by atoms with van der Waals surface area (Å²) in [6, 6.07) is 15.5. The minimum atomic E-state index is -1.90. The average molecular weight is 755 g/mol. The van der Waals surface area contributed by atoms with Gasteiger partial charge in [0.2, 0.25) is 5.36 Å². The summed E-state index contributed by atoms with van der Waals surface area (Å²) in [5.41, 5.74) is 2.14. The molecule has 0 unspecified atom stereocenters. The van der Waals surface area contributed by atoms with Gasteiger partial charge >= 0.3 is 5.97 Å². The zero-order chi connectivity index (χ0) is 39.2. The number of carboxylic acid groups (broad SMARTS) is 1. The fourth-order valence-electron chi connectivity index (χ4n) is 6.69. The first-order valence-corrected chi connectivity index (χ1v) is 17.1. The normalized spacial score (nSPS) is 28.6. The summed E-state index contributed by atoms with van der Waals surface area (Å²) in [5.74, 6) is -1.78. The van der Waals surface area contributed by atoms with Crippen LogP contribution in [0.25, 0.3) is 33.4 Å². The van der Waals surface area contributed by atoms with E-state index in [1.807, 2.05) is 74.1 Å². The Kier molecular flexibility index (Phi) is 11.4. The zero-order valence-corrected chi connectivity index (χ0v) is 29.8. The third-order valence-corrected chi connectivity index (χ3v) is 9.76. The first kappa shape index (κ1) is 39.2. The van der Waals surface area contributed by atoms with Crippen molar-refractivity contribution < 1.29 is 69.1 Å². The summed E-state index contributed by atoms with van der Waals surface area (Å²) in [5, 5.41) is 86.6. The number of nitrogens with one attached hydrogen (secondary N) is 1. The van der Waals surface area contributed by atoms with Crippen molar-refractivity contribution >= 4 is 28.5 Å². The van der Waals surface area contributed by atoms with Gasteiger partial charge < -0.3 is 69.7 Å². The van der Waals surface area contributed by atoms with Gasteiger partial charge in [-0.1, -0.05) is 12.1 Å². The molecule has 3 heterocycles. The molecule has 10 atom stereocenters. The molecule has 290 valence electrons. The predicted molar refractivity (Wildman–Crippen MR) is 191 cm³/mol. The maximum Gasteiger partial charge on any atom is 0.337 e. The maximum absolute atomic E-state index is 13.8. The van der Waals surface area contributed by atoms with Crippen molar-refractivity contribution in [2.24, 2.45) is 0 Å². The van der Waals surface area contributed by atoms with Crippen LogP contribution in [-0.2, 0) is 14.2 Å². The maximum atomic E-state index is 13.8. The van der Waals surface area contributed by atoms with Crippen molar-refractivity contribution in [3.63, 3.8) is 0 Å². The van der Waals surface area contributed by atoms with E-state index in [9.17, 15) is 50.4 Å². The van der Waals surface area contributed by atoms with E-state index in [2.05, 4.69) is 5.32 Å². The first-order valence-electron chi connectivity index (χ1n) is 17.1. The van der Waals surface area contributed by atoms with Crippen LogP contribution in [0.4, 0.5) is 5.69 Å². The number of aliphatic hydroxyl groups excluding tert-OH is 7. The molecular formula is C37H44N3O14+. The fourth-order valence-corrected chi connectivity index (χ4v) is 6.69. The molecule has 2 fully saturated rings. The Balaban J connectivity index is 1.32. The number of carbonyl (C=O) groups is 2. The van der Waals surface area contributed by atoms with Crippen molar-refractivity contribution in [1.29, 1.82) is 0 Å². The second kappa shape index (κ2) is 15.7. The second-order valence-electron chi connectivity index (χ2n) is 13.7. The first-order chi connectivity index (χ1) is 25.6. The molecule has 0 bridgehead atoms. The van der Waals surface area contributed by atoms with E-state index in [-0.39, 0.29) is 16.7 Å². The molecule has 3 aliphatic heterocycles. The van der Waals surface area contributed by atoms with Gasteiger partial charge in [-0.3, -0.25) is 4.79 Å². The van der Waals surface area contributed by atoms with Crippen molar-refractivity contribution in [2.75, 3.05) is 46.2 Å². The number of hydrogen-bond donors (Lipinski definition) is 9. The Labute approximate surface area is 308 Å². The number of carboxylic acids is 1. The van der Waals surface area contributed by atoms with Crippen molar-refractivity contribution in [1.82, 2.24) is 9.89 Å². The highest BCUT2D eigenvalue weighted by Gasteiger charge is 2.49. The van der Waals surface area contributed by atoms with Crippen molar-refractivity contribution in [3.05, 3.63) is 71.1 Å². The molecular weight excluding hydrogens is 710 g/mol. The van der Waals surface area contributed by atoms with Gasteiger partial charge in [0.1, 0.15) is 74.3 Å². The molecule has 2 aromatic carbocycles. The van der Waals surface area contributed by atoms with Gasteiger partial charge in [0.15, 0.2) is 12.6 Å². The van der Waals surface area contributed by atoms with Crippen LogP contribution in [0.5, 0.6) is 0 Å². The van der Waals surface area contributed by atoms with Gasteiger partial charge in [-0.25, -0.2) is 9.37 Å². The van der Waals surface area contributed by atoms with Crippen LogP contribution in [-0.4, -0.2) is 155 Å². The monoisotopic (exact) mass is 754 g/mol. The number of ether oxygens (including phenoxy) is 3. The van der Waals surface area contributed by atoms with Crippen molar-refractivity contribution in [3.8, 4) is 22.5 Å². The van der Waals surface area contributed by atoms with Gasteiger partial charge in [0.25, 0.3) is 5.91 Å². The van der Waals surface area contributed by atoms with Gasteiger partial charge in [-0.2, -0.15) is 0 Å². The van der Waals surface area contributed by atoms with E-state index in [0.717, 1.165) is 11.0 Å². The third kappa shape index (κ3) is 7.30. The molecule has 2 saturated heterocycles. The topological polar surface area (TPSA) is 255 Å². The van der Waals surface area contributed by atoms with E-state index >= 15 is 0 Å². The van der Waals surface area contributed by atoms with Crippen LogP contribution in [0.3, 0.4) is 0 Å². The minimum Gasteiger partial charge on any atom is -0.478 e. The van der Waals surface area contributed by atoms with Crippen LogP contribution in [0.1, 0.15) is 20.7 Å². The number of aliphatic hydroxyl groups is 7. The second-order valence-corrected chi connectivity index (χ2v) is 13.7. The number of carbonyl (C=O) groups excluding carboxylic acids is 1. The molecule has 17 heteroatoms. The van der Waals surface area contributed by atoms with Crippen LogP contribution < -0.4 is 20.1 Å². The molecule has 0 spiro atoms. The Morgan fingerprint density at radius 1 is 0.815 bits per heavy atom. The zero-order valence-electron chi connectivity index (χ0n) is 29.8. The van der Waals surface area contributed by atoms with Gasteiger partial charge in [0.05, 0.1) is 23.8 Å². The third-order valence-electron chi connectivity index (χ3n) is 9.76.